The Morgan fingerprint density at radius 1 is 0.976 bits per heavy atom. The summed E-state index contributed by atoms with van der Waals surface area (Å²) >= 11 is 0. The second-order valence-corrected chi connectivity index (χ2v) is 11.4. The summed E-state index contributed by atoms with van der Waals surface area (Å²) in [5.41, 5.74) is 2.04. The molecule has 5 rings (SSSR count). The number of aliphatic carboxylic acids is 1. The van der Waals surface area contributed by atoms with Crippen molar-refractivity contribution in [3.05, 3.63) is 36.2 Å². The van der Waals surface area contributed by atoms with Crippen molar-refractivity contribution in [1.82, 2.24) is 35.3 Å². The Hall–Kier alpha value is -3.15. The number of piperazine rings is 1. The van der Waals surface area contributed by atoms with Gasteiger partial charge in [0, 0.05) is 56.9 Å². The molecule has 1 saturated carbocycles. The molecule has 41 heavy (non-hydrogen) atoms. The summed E-state index contributed by atoms with van der Waals surface area (Å²) < 4.78 is 2.14. The summed E-state index contributed by atoms with van der Waals surface area (Å²) in [5.74, 6) is 0.810. The van der Waals surface area contributed by atoms with Crippen LogP contribution in [0.1, 0.15) is 57.1 Å². The summed E-state index contributed by atoms with van der Waals surface area (Å²) in [7, 11) is 0. The zero-order valence-corrected chi connectivity index (χ0v) is 24.3. The van der Waals surface area contributed by atoms with Gasteiger partial charge in [0.05, 0.1) is 24.2 Å². The van der Waals surface area contributed by atoms with Crippen LogP contribution >= 0.6 is 0 Å². The standard InChI is InChI=1S/C30H47N9O2/c40-28(41)12-17-37-18-20-38(21-19-37)29-26-10-4-5-11-27(26)34-30(35-29)33-22-25-23-39(36-25)16-7-14-31-13-6-15-32-24-8-2-1-3-9-24/h4-5,10-11,23-24,31-32,36H,1-3,6-9,12-22H2,(H,40,41)(H,33,34,35). The summed E-state index contributed by atoms with van der Waals surface area (Å²) in [4.78, 5) is 25.1. The highest BCUT2D eigenvalue weighted by atomic mass is 16.4. The number of hydrogen-bond acceptors (Lipinski definition) is 8. The first-order chi connectivity index (χ1) is 20.1. The number of rotatable bonds is 16. The maximum absolute atomic E-state index is 10.9. The largest absolute Gasteiger partial charge is 0.481 e. The smallest absolute Gasteiger partial charge is 0.304 e. The quantitative estimate of drug-likeness (QED) is 0.166. The lowest BCUT2D eigenvalue weighted by Crippen LogP contribution is -2.47. The van der Waals surface area contributed by atoms with E-state index >= 15 is 0 Å². The molecule has 1 aliphatic carbocycles. The number of aryl methyl sites for hydroxylation is 1. The third-order valence-corrected chi connectivity index (χ3v) is 8.25. The highest BCUT2D eigenvalue weighted by Gasteiger charge is 2.21. The number of carboxylic acids is 1. The Labute approximate surface area is 243 Å². The van der Waals surface area contributed by atoms with Crippen molar-refractivity contribution in [1.29, 1.82) is 0 Å². The van der Waals surface area contributed by atoms with E-state index in [2.05, 4.69) is 47.8 Å². The van der Waals surface area contributed by atoms with Crippen molar-refractivity contribution < 1.29 is 9.90 Å². The number of H-pyrrole nitrogens is 1. The maximum atomic E-state index is 10.9. The van der Waals surface area contributed by atoms with Crippen LogP contribution in [0.15, 0.2) is 30.5 Å². The van der Waals surface area contributed by atoms with Crippen LogP contribution in [-0.2, 0) is 17.9 Å². The predicted octanol–water partition coefficient (Wildman–Crippen LogP) is 3.26. The molecule has 3 heterocycles. The van der Waals surface area contributed by atoms with Gasteiger partial charge in [-0.1, -0.05) is 31.4 Å². The zero-order chi connectivity index (χ0) is 28.3. The molecule has 0 amide bonds. The molecule has 1 saturated heterocycles. The second kappa shape index (κ2) is 15.2. The van der Waals surface area contributed by atoms with Gasteiger partial charge in [-0.3, -0.25) is 19.5 Å². The Morgan fingerprint density at radius 2 is 1.76 bits per heavy atom. The minimum Gasteiger partial charge on any atom is -0.481 e. The van der Waals surface area contributed by atoms with Gasteiger partial charge in [-0.25, -0.2) is 4.98 Å². The Balaban J connectivity index is 1.02. The number of hydrogen-bond donors (Lipinski definition) is 5. The molecule has 0 bridgehead atoms. The van der Waals surface area contributed by atoms with Gasteiger partial charge in [0.1, 0.15) is 5.82 Å². The van der Waals surface area contributed by atoms with E-state index in [4.69, 9.17) is 15.1 Å². The Bertz CT molecular complexity index is 1200. The molecule has 2 fully saturated rings. The number of nitrogens with zero attached hydrogens (tertiary/aromatic N) is 5. The Kier molecular flexibility index (Phi) is 10.9. The molecule has 5 N–H and O–H groups in total. The van der Waals surface area contributed by atoms with Crippen LogP contribution in [0.4, 0.5) is 11.8 Å². The second-order valence-electron chi connectivity index (χ2n) is 11.4. The summed E-state index contributed by atoms with van der Waals surface area (Å²) in [6.07, 6.45) is 11.5. The van der Waals surface area contributed by atoms with Crippen molar-refractivity contribution in [2.24, 2.45) is 0 Å². The van der Waals surface area contributed by atoms with Gasteiger partial charge in [-0.05, 0) is 57.5 Å². The minimum atomic E-state index is -0.746. The van der Waals surface area contributed by atoms with Crippen molar-refractivity contribution in [3.8, 4) is 0 Å². The van der Waals surface area contributed by atoms with Crippen molar-refractivity contribution >= 4 is 28.6 Å². The molecule has 0 atom stereocenters. The van der Waals surface area contributed by atoms with Crippen LogP contribution < -0.4 is 20.9 Å². The lowest BCUT2D eigenvalue weighted by atomic mass is 9.95. The molecule has 11 heteroatoms. The van der Waals surface area contributed by atoms with E-state index in [0.29, 0.717) is 19.0 Å². The molecule has 0 spiro atoms. The number of anilines is 2. The molecular weight excluding hydrogens is 518 g/mol. The molecular formula is C30H47N9O2. The number of carboxylic acid groups (broad SMARTS) is 1. The van der Waals surface area contributed by atoms with Gasteiger partial charge < -0.3 is 26.0 Å². The van der Waals surface area contributed by atoms with Gasteiger partial charge >= 0.3 is 5.97 Å². The number of aromatic amines is 1. The van der Waals surface area contributed by atoms with Gasteiger partial charge in [-0.2, -0.15) is 4.98 Å². The van der Waals surface area contributed by atoms with Crippen LogP contribution in [0, 0.1) is 0 Å². The number of benzene rings is 1. The first-order valence-corrected chi connectivity index (χ1v) is 15.5. The van der Waals surface area contributed by atoms with Crippen LogP contribution in [0.5, 0.6) is 0 Å². The van der Waals surface area contributed by atoms with E-state index < -0.39 is 5.97 Å². The molecule has 0 unspecified atom stereocenters. The van der Waals surface area contributed by atoms with E-state index in [9.17, 15) is 4.79 Å². The van der Waals surface area contributed by atoms with Gasteiger partial charge in [0.15, 0.2) is 0 Å². The number of fused-ring (bicyclic) bond motifs is 1. The third kappa shape index (κ3) is 8.92. The topological polar surface area (TPSA) is 126 Å². The Morgan fingerprint density at radius 3 is 2.56 bits per heavy atom. The van der Waals surface area contributed by atoms with Gasteiger partial charge in [0.25, 0.3) is 0 Å². The van der Waals surface area contributed by atoms with Gasteiger partial charge in [-0.15, -0.1) is 0 Å². The SMILES string of the molecule is O=C(O)CCN1CCN(c2nc(NCc3cn(CCCNCCCNC4CCCCC4)[nH]3)nc3ccccc23)CC1. The first-order valence-electron chi connectivity index (χ1n) is 15.5. The van der Waals surface area contributed by atoms with E-state index in [1.54, 1.807) is 0 Å². The molecule has 2 aliphatic rings. The highest BCUT2D eigenvalue weighted by molar-refractivity contribution is 5.90. The van der Waals surface area contributed by atoms with E-state index in [1.807, 2.05) is 18.2 Å². The fourth-order valence-corrected chi connectivity index (χ4v) is 5.89. The van der Waals surface area contributed by atoms with E-state index in [1.165, 1.54) is 38.5 Å². The number of para-hydroxylation sites is 1. The molecule has 1 aromatic carbocycles. The van der Waals surface area contributed by atoms with Crippen molar-refractivity contribution in [2.45, 2.75) is 70.5 Å². The lowest BCUT2D eigenvalue weighted by molar-refractivity contribution is -0.137. The lowest BCUT2D eigenvalue weighted by Gasteiger charge is -2.35. The molecule has 1 aliphatic heterocycles. The zero-order valence-electron chi connectivity index (χ0n) is 24.3. The third-order valence-electron chi connectivity index (χ3n) is 8.25. The number of aromatic nitrogens is 4. The summed E-state index contributed by atoms with van der Waals surface area (Å²) in [6.45, 7) is 8.72. The monoisotopic (exact) mass is 565 g/mol. The highest BCUT2D eigenvalue weighted by Crippen LogP contribution is 2.26. The molecule has 11 nitrogen and oxygen atoms in total. The van der Waals surface area contributed by atoms with Crippen LogP contribution in [-0.4, -0.2) is 94.1 Å². The first kappa shape index (κ1) is 29.3. The fourth-order valence-electron chi connectivity index (χ4n) is 5.89. The maximum Gasteiger partial charge on any atom is 0.304 e. The summed E-state index contributed by atoms with van der Waals surface area (Å²) in [5, 5.41) is 24.1. The number of carbonyl (C=O) groups is 1. The molecule has 224 valence electrons. The van der Waals surface area contributed by atoms with E-state index in [0.717, 1.165) is 87.2 Å². The van der Waals surface area contributed by atoms with Crippen LogP contribution in [0.25, 0.3) is 10.9 Å². The van der Waals surface area contributed by atoms with Crippen LogP contribution in [0.2, 0.25) is 0 Å². The van der Waals surface area contributed by atoms with Gasteiger partial charge in [0.2, 0.25) is 5.95 Å². The van der Waals surface area contributed by atoms with Crippen molar-refractivity contribution in [3.63, 3.8) is 0 Å². The average Bonchev–Trinajstić information content (AvgIpc) is 2.98. The van der Waals surface area contributed by atoms with Crippen molar-refractivity contribution in [2.75, 3.05) is 62.6 Å². The summed E-state index contributed by atoms with van der Waals surface area (Å²) in [6, 6.07) is 8.88. The molecule has 3 aromatic rings. The fraction of sp³-hybridized carbons (Fsp3) is 0.633. The average molecular weight is 566 g/mol. The predicted molar refractivity (Wildman–Crippen MR) is 164 cm³/mol. The minimum absolute atomic E-state index is 0.181. The molecule has 2 aromatic heterocycles. The number of nitrogens with one attached hydrogen (secondary N) is 4. The molecule has 0 radical (unpaired) electrons. The van der Waals surface area contributed by atoms with E-state index in [-0.39, 0.29) is 6.42 Å². The normalized spacial score (nSPS) is 16.9. The van der Waals surface area contributed by atoms with Crippen LogP contribution in [0.3, 0.4) is 0 Å².